The van der Waals surface area contributed by atoms with Crippen LogP contribution in [0.15, 0.2) is 84.7 Å². The molecular formula is C30H33ClN2O5. The van der Waals surface area contributed by atoms with E-state index in [4.69, 9.17) is 21.4 Å². The molecule has 8 heteroatoms. The Morgan fingerprint density at radius 1 is 1.16 bits per heavy atom. The summed E-state index contributed by atoms with van der Waals surface area (Å²) in [5, 5.41) is 9.36. The molecular weight excluding hydrogens is 504 g/mol. The first-order valence-corrected chi connectivity index (χ1v) is 12.9. The van der Waals surface area contributed by atoms with Crippen molar-refractivity contribution >= 4 is 40.8 Å². The van der Waals surface area contributed by atoms with Gasteiger partial charge in [0.25, 0.3) is 5.91 Å². The van der Waals surface area contributed by atoms with Crippen LogP contribution in [-0.4, -0.2) is 35.5 Å². The molecule has 2 amide bonds. The molecule has 0 unspecified atom stereocenters. The number of para-hydroxylation sites is 1. The molecule has 0 radical (unpaired) electrons. The molecule has 1 N–H and O–H groups in total. The Labute approximate surface area is 228 Å². The van der Waals surface area contributed by atoms with Gasteiger partial charge >= 0.3 is 5.97 Å². The third kappa shape index (κ3) is 6.92. The zero-order valence-electron chi connectivity index (χ0n) is 21.9. The second-order valence-corrected chi connectivity index (χ2v) is 9.53. The molecule has 2 aromatic carbocycles. The number of carboxylic acids is 1. The van der Waals surface area contributed by atoms with Gasteiger partial charge in [0.1, 0.15) is 5.76 Å². The van der Waals surface area contributed by atoms with E-state index in [-0.39, 0.29) is 42.5 Å². The van der Waals surface area contributed by atoms with Crippen molar-refractivity contribution in [2.45, 2.75) is 52.1 Å². The zero-order chi connectivity index (χ0) is 27.8. The number of ether oxygens (including phenoxy) is 1. The number of benzene rings is 2. The van der Waals surface area contributed by atoms with Crippen LogP contribution in [0.2, 0.25) is 5.02 Å². The number of anilines is 2. The van der Waals surface area contributed by atoms with Crippen molar-refractivity contribution < 1.29 is 24.2 Å². The maximum absolute atomic E-state index is 13.6. The summed E-state index contributed by atoms with van der Waals surface area (Å²) in [7, 11) is 0. The summed E-state index contributed by atoms with van der Waals surface area (Å²) >= 11 is 6.07. The number of hydrogen-bond donors (Lipinski definition) is 1. The minimum atomic E-state index is -0.872. The van der Waals surface area contributed by atoms with E-state index in [0.29, 0.717) is 23.6 Å². The number of hydrogen-bond acceptors (Lipinski definition) is 4. The van der Waals surface area contributed by atoms with Crippen molar-refractivity contribution in [3.05, 3.63) is 95.3 Å². The number of amides is 2. The highest BCUT2D eigenvalue weighted by atomic mass is 35.5. The van der Waals surface area contributed by atoms with Crippen molar-refractivity contribution in [2.75, 3.05) is 16.4 Å². The van der Waals surface area contributed by atoms with E-state index in [9.17, 15) is 14.4 Å². The lowest BCUT2D eigenvalue weighted by atomic mass is 9.89. The Morgan fingerprint density at radius 2 is 1.84 bits per heavy atom. The molecule has 0 saturated heterocycles. The summed E-state index contributed by atoms with van der Waals surface area (Å²) in [5.74, 6) is -0.699. The van der Waals surface area contributed by atoms with Crippen molar-refractivity contribution in [1.82, 2.24) is 0 Å². The first-order chi connectivity index (χ1) is 18.1. The highest BCUT2D eigenvalue weighted by Crippen LogP contribution is 2.42. The highest BCUT2D eigenvalue weighted by Gasteiger charge is 2.38. The average Bonchev–Trinajstić information content (AvgIpc) is 2.88. The van der Waals surface area contributed by atoms with E-state index in [1.54, 1.807) is 47.1 Å². The van der Waals surface area contributed by atoms with Gasteiger partial charge in [-0.15, -0.1) is 0 Å². The summed E-state index contributed by atoms with van der Waals surface area (Å²) in [6, 6.07) is 14.3. The van der Waals surface area contributed by atoms with Gasteiger partial charge in [-0.1, -0.05) is 36.4 Å². The maximum Gasteiger partial charge on any atom is 0.303 e. The third-order valence-corrected chi connectivity index (χ3v) is 6.60. The van der Waals surface area contributed by atoms with Gasteiger partial charge in [-0.25, -0.2) is 0 Å². The zero-order valence-corrected chi connectivity index (χ0v) is 22.6. The van der Waals surface area contributed by atoms with Gasteiger partial charge < -0.3 is 19.6 Å². The standard InChI is InChI=1S/C30H33ClN2O5/c1-5-25(38-18-8-11-29(35)36)17-12-20(2)30(37)32-21(3)19-28(26-9-6-7-10-27(26)32)33(22(4)34)24-15-13-23(31)14-16-24/h5-7,9-10,12-17,21,28H,2,8,11,18-19H2,1,3-4H3,(H,35,36)/t21-,28+/m0/s1. The third-order valence-electron chi connectivity index (χ3n) is 6.35. The van der Waals surface area contributed by atoms with Gasteiger partial charge in [-0.2, -0.15) is 0 Å². The molecule has 2 aromatic rings. The fourth-order valence-corrected chi connectivity index (χ4v) is 4.69. The van der Waals surface area contributed by atoms with Crippen molar-refractivity contribution in [3.63, 3.8) is 0 Å². The molecule has 0 bridgehead atoms. The number of rotatable bonds is 10. The molecule has 0 saturated carbocycles. The van der Waals surface area contributed by atoms with Gasteiger partial charge in [0.15, 0.2) is 0 Å². The molecule has 0 spiro atoms. The Hall–Kier alpha value is -3.84. The van der Waals surface area contributed by atoms with E-state index < -0.39 is 5.97 Å². The van der Waals surface area contributed by atoms with Crippen molar-refractivity contribution in [3.8, 4) is 0 Å². The quantitative estimate of drug-likeness (QED) is 0.163. The molecule has 0 fully saturated rings. The van der Waals surface area contributed by atoms with E-state index >= 15 is 0 Å². The topological polar surface area (TPSA) is 87.2 Å². The van der Waals surface area contributed by atoms with Gasteiger partial charge in [-0.05, 0) is 80.8 Å². The molecule has 0 aliphatic carbocycles. The fraction of sp³-hybridized carbons (Fsp3) is 0.300. The number of carbonyl (C=O) groups is 3. The Bertz CT molecular complexity index is 1250. The van der Waals surface area contributed by atoms with E-state index in [1.165, 1.54) is 6.92 Å². The summed E-state index contributed by atoms with van der Waals surface area (Å²) in [5.41, 5.74) is 2.62. The van der Waals surface area contributed by atoms with Gasteiger partial charge in [0, 0.05) is 41.4 Å². The number of fused-ring (bicyclic) bond motifs is 1. The number of carbonyl (C=O) groups excluding carboxylic acids is 2. The van der Waals surface area contributed by atoms with Crippen LogP contribution < -0.4 is 9.80 Å². The molecule has 7 nitrogen and oxygen atoms in total. The van der Waals surface area contributed by atoms with Crippen molar-refractivity contribution in [1.29, 1.82) is 0 Å². The minimum absolute atomic E-state index is 0.0260. The Kier molecular flexibility index (Phi) is 9.91. The van der Waals surface area contributed by atoms with E-state index in [0.717, 1.165) is 16.9 Å². The lowest BCUT2D eigenvalue weighted by Gasteiger charge is -2.43. The van der Waals surface area contributed by atoms with Crippen LogP contribution in [-0.2, 0) is 19.1 Å². The summed E-state index contributed by atoms with van der Waals surface area (Å²) in [4.78, 5) is 40.6. The van der Waals surface area contributed by atoms with Crippen LogP contribution in [0.4, 0.5) is 11.4 Å². The smallest absolute Gasteiger partial charge is 0.303 e. The lowest BCUT2D eigenvalue weighted by Crippen LogP contribution is -2.47. The Balaban J connectivity index is 1.83. The average molecular weight is 537 g/mol. The highest BCUT2D eigenvalue weighted by molar-refractivity contribution is 6.30. The second kappa shape index (κ2) is 13.1. The van der Waals surface area contributed by atoms with Gasteiger partial charge in [0.05, 0.1) is 12.6 Å². The molecule has 2 atom stereocenters. The van der Waals surface area contributed by atoms with Crippen LogP contribution in [0.5, 0.6) is 0 Å². The van der Waals surface area contributed by atoms with Crippen LogP contribution in [0.3, 0.4) is 0 Å². The van der Waals surface area contributed by atoms with E-state index in [1.807, 2.05) is 43.3 Å². The Morgan fingerprint density at radius 3 is 2.47 bits per heavy atom. The summed E-state index contributed by atoms with van der Waals surface area (Å²) in [6.07, 6.45) is 5.95. The van der Waals surface area contributed by atoms with Crippen LogP contribution in [0, 0.1) is 0 Å². The monoisotopic (exact) mass is 536 g/mol. The molecule has 38 heavy (non-hydrogen) atoms. The molecule has 0 aromatic heterocycles. The molecule has 1 aliphatic heterocycles. The fourth-order valence-electron chi connectivity index (χ4n) is 4.57. The van der Waals surface area contributed by atoms with Gasteiger partial charge in [0.2, 0.25) is 5.91 Å². The molecule has 3 rings (SSSR count). The molecule has 1 aliphatic rings. The first-order valence-electron chi connectivity index (χ1n) is 12.5. The molecule has 1 heterocycles. The predicted molar refractivity (Wildman–Crippen MR) is 150 cm³/mol. The summed E-state index contributed by atoms with van der Waals surface area (Å²) in [6.45, 7) is 9.54. The SMILES string of the molecule is C=C(C=CC(=CC)OCCCC(=O)O)C(=O)N1c2ccccc2[C@H](N(C(C)=O)c2ccc(Cl)cc2)C[C@@H]1C. The van der Waals surface area contributed by atoms with Crippen LogP contribution >= 0.6 is 11.6 Å². The van der Waals surface area contributed by atoms with Gasteiger partial charge in [-0.3, -0.25) is 14.4 Å². The number of nitrogens with zero attached hydrogens (tertiary/aromatic N) is 2. The largest absolute Gasteiger partial charge is 0.494 e. The second-order valence-electron chi connectivity index (χ2n) is 9.10. The van der Waals surface area contributed by atoms with Crippen LogP contribution in [0.1, 0.15) is 51.6 Å². The number of aliphatic carboxylic acids is 1. The van der Waals surface area contributed by atoms with Crippen LogP contribution in [0.25, 0.3) is 0 Å². The predicted octanol–water partition coefficient (Wildman–Crippen LogP) is 6.46. The first kappa shape index (κ1) is 28.7. The molecule has 200 valence electrons. The number of allylic oxidation sites excluding steroid dienone is 2. The lowest BCUT2D eigenvalue weighted by molar-refractivity contribution is -0.137. The number of halogens is 1. The normalized spacial score (nSPS) is 17.2. The summed E-state index contributed by atoms with van der Waals surface area (Å²) < 4.78 is 5.61. The van der Waals surface area contributed by atoms with Crippen molar-refractivity contribution in [2.24, 2.45) is 0 Å². The minimum Gasteiger partial charge on any atom is -0.494 e. The van der Waals surface area contributed by atoms with E-state index in [2.05, 4.69) is 6.58 Å². The number of carboxylic acid groups (broad SMARTS) is 1. The maximum atomic E-state index is 13.6.